The van der Waals surface area contributed by atoms with E-state index in [1.807, 2.05) is 13.8 Å². The molecule has 2 rings (SSSR count). The van der Waals surface area contributed by atoms with E-state index in [9.17, 15) is 9.59 Å². The predicted octanol–water partition coefficient (Wildman–Crippen LogP) is 1.02. The molecule has 0 spiro atoms. The van der Waals surface area contributed by atoms with Gasteiger partial charge in [-0.2, -0.15) is 5.10 Å². The molecule has 6 heteroatoms. The minimum absolute atomic E-state index is 0.0172. The van der Waals surface area contributed by atoms with Crippen LogP contribution in [0.25, 0.3) is 0 Å². The van der Waals surface area contributed by atoms with E-state index < -0.39 is 0 Å². The van der Waals surface area contributed by atoms with Crippen molar-refractivity contribution in [2.24, 2.45) is 18.9 Å². The number of anilines is 1. The van der Waals surface area contributed by atoms with Crippen LogP contribution in [0, 0.1) is 18.8 Å². The van der Waals surface area contributed by atoms with Crippen LogP contribution < -0.4 is 5.32 Å². The molecule has 0 radical (unpaired) electrons. The van der Waals surface area contributed by atoms with Gasteiger partial charge < -0.3 is 10.2 Å². The summed E-state index contributed by atoms with van der Waals surface area (Å²) in [4.78, 5) is 25.5. The van der Waals surface area contributed by atoms with Gasteiger partial charge in [-0.05, 0) is 19.3 Å². The quantitative estimate of drug-likeness (QED) is 0.886. The summed E-state index contributed by atoms with van der Waals surface area (Å²) in [6, 6.07) is 0. The van der Waals surface area contributed by atoms with E-state index in [-0.39, 0.29) is 17.7 Å². The lowest BCUT2D eigenvalue weighted by atomic mass is 10.2. The van der Waals surface area contributed by atoms with Gasteiger partial charge in [-0.25, -0.2) is 0 Å². The Morgan fingerprint density at radius 3 is 2.47 bits per heavy atom. The molecule has 19 heavy (non-hydrogen) atoms. The topological polar surface area (TPSA) is 67.2 Å². The molecule has 1 aromatic rings. The fourth-order valence-electron chi connectivity index (χ4n) is 2.02. The Morgan fingerprint density at radius 1 is 1.42 bits per heavy atom. The molecule has 1 saturated carbocycles. The highest BCUT2D eigenvalue weighted by Crippen LogP contribution is 2.38. The highest BCUT2D eigenvalue weighted by atomic mass is 16.2. The monoisotopic (exact) mass is 264 g/mol. The van der Waals surface area contributed by atoms with Crippen LogP contribution in [0.5, 0.6) is 0 Å². The van der Waals surface area contributed by atoms with Crippen molar-refractivity contribution in [3.05, 3.63) is 11.4 Å². The molecule has 1 fully saturated rings. The third-order valence-corrected chi connectivity index (χ3v) is 3.64. The van der Waals surface area contributed by atoms with Gasteiger partial charge >= 0.3 is 0 Å². The Balaban J connectivity index is 2.28. The molecule has 1 N–H and O–H groups in total. The van der Waals surface area contributed by atoms with E-state index in [0.717, 1.165) is 12.1 Å². The van der Waals surface area contributed by atoms with E-state index in [0.29, 0.717) is 17.3 Å². The van der Waals surface area contributed by atoms with E-state index in [1.165, 1.54) is 4.90 Å². The van der Waals surface area contributed by atoms with Crippen molar-refractivity contribution in [3.63, 3.8) is 0 Å². The molecule has 104 valence electrons. The molecule has 6 nitrogen and oxygen atoms in total. The average Bonchev–Trinajstić information content (AvgIpc) is 3.01. The smallest absolute Gasteiger partial charge is 0.276 e. The third kappa shape index (κ3) is 2.47. The van der Waals surface area contributed by atoms with Crippen LogP contribution in [0.15, 0.2) is 0 Å². The summed E-state index contributed by atoms with van der Waals surface area (Å²) in [6.07, 6.45) is 0.919. The zero-order valence-corrected chi connectivity index (χ0v) is 12.0. The van der Waals surface area contributed by atoms with Crippen LogP contribution in [0.4, 0.5) is 5.69 Å². The first kappa shape index (κ1) is 13.6. The summed E-state index contributed by atoms with van der Waals surface area (Å²) in [5.74, 6) is 0.283. The van der Waals surface area contributed by atoms with Gasteiger partial charge in [0, 0.05) is 27.1 Å². The Kier molecular flexibility index (Phi) is 3.34. The SMILES string of the molecule is Cc1c(NC(=O)C2CC2C)c(C(=O)N(C)C)nn1C. The summed E-state index contributed by atoms with van der Waals surface area (Å²) in [6.45, 7) is 3.89. The predicted molar refractivity (Wildman–Crippen MR) is 71.9 cm³/mol. The van der Waals surface area contributed by atoms with Crippen molar-refractivity contribution in [1.29, 1.82) is 0 Å². The van der Waals surface area contributed by atoms with Gasteiger partial charge in [0.2, 0.25) is 5.91 Å². The Hall–Kier alpha value is -1.85. The van der Waals surface area contributed by atoms with Crippen LogP contribution >= 0.6 is 0 Å². The second kappa shape index (κ2) is 4.68. The van der Waals surface area contributed by atoms with Gasteiger partial charge in [-0.1, -0.05) is 6.92 Å². The number of aryl methyl sites for hydroxylation is 1. The highest BCUT2D eigenvalue weighted by molar-refractivity contribution is 6.03. The molecular formula is C13H20N4O2. The van der Waals surface area contributed by atoms with Gasteiger partial charge in [0.15, 0.2) is 5.69 Å². The number of nitrogens with one attached hydrogen (secondary N) is 1. The number of amides is 2. The van der Waals surface area contributed by atoms with Gasteiger partial charge in [0.1, 0.15) is 0 Å². The maximum atomic E-state index is 12.1. The number of carbonyl (C=O) groups excluding carboxylic acids is 2. The number of hydrogen-bond donors (Lipinski definition) is 1. The fraction of sp³-hybridized carbons (Fsp3) is 0.615. The minimum atomic E-state index is -0.206. The average molecular weight is 264 g/mol. The van der Waals surface area contributed by atoms with Gasteiger partial charge in [0.05, 0.1) is 11.4 Å². The second-order valence-corrected chi connectivity index (χ2v) is 5.44. The molecule has 1 aliphatic carbocycles. The van der Waals surface area contributed by atoms with Crippen LogP contribution in [-0.2, 0) is 11.8 Å². The molecule has 0 saturated heterocycles. The summed E-state index contributed by atoms with van der Waals surface area (Å²) < 4.78 is 1.61. The van der Waals surface area contributed by atoms with Gasteiger partial charge in [-0.15, -0.1) is 0 Å². The number of rotatable bonds is 3. The summed E-state index contributed by atoms with van der Waals surface area (Å²) in [5, 5.41) is 7.05. The lowest BCUT2D eigenvalue weighted by Crippen LogP contribution is -2.24. The molecular weight excluding hydrogens is 244 g/mol. The molecule has 2 amide bonds. The number of carbonyl (C=O) groups is 2. The first-order chi connectivity index (χ1) is 8.82. The van der Waals surface area contributed by atoms with Crippen molar-refractivity contribution in [3.8, 4) is 0 Å². The molecule has 1 heterocycles. The summed E-state index contributed by atoms with van der Waals surface area (Å²) >= 11 is 0. The summed E-state index contributed by atoms with van der Waals surface area (Å²) in [5.41, 5.74) is 1.61. The third-order valence-electron chi connectivity index (χ3n) is 3.64. The van der Waals surface area contributed by atoms with Crippen molar-refractivity contribution < 1.29 is 9.59 Å². The first-order valence-electron chi connectivity index (χ1n) is 6.39. The Labute approximate surface area is 112 Å². The molecule has 1 aliphatic rings. The molecule has 0 aromatic carbocycles. The second-order valence-electron chi connectivity index (χ2n) is 5.44. The zero-order valence-electron chi connectivity index (χ0n) is 12.0. The van der Waals surface area contributed by atoms with Crippen LogP contribution in [0.1, 0.15) is 29.5 Å². The lowest BCUT2D eigenvalue weighted by molar-refractivity contribution is -0.117. The summed E-state index contributed by atoms with van der Waals surface area (Å²) in [7, 11) is 5.10. The zero-order chi connectivity index (χ0) is 14.3. The number of aromatic nitrogens is 2. The van der Waals surface area contributed by atoms with E-state index in [2.05, 4.69) is 10.4 Å². The van der Waals surface area contributed by atoms with Crippen LogP contribution in [0.3, 0.4) is 0 Å². The van der Waals surface area contributed by atoms with Crippen molar-refractivity contribution in [1.82, 2.24) is 14.7 Å². The molecule has 1 aromatic heterocycles. The minimum Gasteiger partial charge on any atom is -0.343 e. The van der Waals surface area contributed by atoms with Crippen LogP contribution in [-0.4, -0.2) is 40.6 Å². The molecule has 2 atom stereocenters. The lowest BCUT2D eigenvalue weighted by Gasteiger charge is -2.10. The molecule has 2 unspecified atom stereocenters. The Bertz CT molecular complexity index is 533. The van der Waals surface area contributed by atoms with Crippen LogP contribution in [0.2, 0.25) is 0 Å². The van der Waals surface area contributed by atoms with E-state index in [1.54, 1.807) is 25.8 Å². The standard InChI is InChI=1S/C13H20N4O2/c1-7-6-9(7)12(18)14-10-8(2)17(5)15-11(10)13(19)16(3)4/h7,9H,6H2,1-5H3,(H,14,18). The normalized spacial score (nSPS) is 21.1. The number of hydrogen-bond acceptors (Lipinski definition) is 3. The Morgan fingerprint density at radius 2 is 2.00 bits per heavy atom. The fourth-order valence-corrected chi connectivity index (χ4v) is 2.02. The van der Waals surface area contributed by atoms with Crippen molar-refractivity contribution in [2.45, 2.75) is 20.3 Å². The molecule has 0 bridgehead atoms. The number of nitrogens with zero attached hydrogens (tertiary/aromatic N) is 3. The van der Waals surface area contributed by atoms with E-state index in [4.69, 9.17) is 0 Å². The maximum absolute atomic E-state index is 12.1. The van der Waals surface area contributed by atoms with Crippen molar-refractivity contribution >= 4 is 17.5 Å². The highest BCUT2D eigenvalue weighted by Gasteiger charge is 2.40. The van der Waals surface area contributed by atoms with E-state index >= 15 is 0 Å². The van der Waals surface area contributed by atoms with Gasteiger partial charge in [-0.3, -0.25) is 14.3 Å². The first-order valence-corrected chi connectivity index (χ1v) is 6.39. The largest absolute Gasteiger partial charge is 0.343 e. The van der Waals surface area contributed by atoms with Gasteiger partial charge in [0.25, 0.3) is 5.91 Å². The maximum Gasteiger partial charge on any atom is 0.276 e. The van der Waals surface area contributed by atoms with Crippen molar-refractivity contribution in [2.75, 3.05) is 19.4 Å². The molecule has 0 aliphatic heterocycles.